The lowest BCUT2D eigenvalue weighted by Crippen LogP contribution is -2.46. The fourth-order valence-corrected chi connectivity index (χ4v) is 3.01. The highest BCUT2D eigenvalue weighted by molar-refractivity contribution is 5.91. The summed E-state index contributed by atoms with van der Waals surface area (Å²) in [4.78, 5) is 12.6. The first-order valence-corrected chi connectivity index (χ1v) is 7.81. The topological polar surface area (TPSA) is 49.3 Å². The molecule has 1 atom stereocenters. The first kappa shape index (κ1) is 16.0. The predicted octanol–water partition coefficient (Wildman–Crippen LogP) is 2.88. The number of aliphatic hydroxyl groups excluding tert-OH is 1. The first-order chi connectivity index (χ1) is 9.79. The summed E-state index contributed by atoms with van der Waals surface area (Å²) >= 11 is 0. The molecule has 0 aliphatic heterocycles. The molecule has 0 bridgehead atoms. The Morgan fingerprint density at radius 3 is 2.33 bits per heavy atom. The maximum absolute atomic E-state index is 12.6. The zero-order chi connectivity index (χ0) is 15.7. The summed E-state index contributed by atoms with van der Waals surface area (Å²) in [6.07, 6.45) is 1.40. The van der Waals surface area contributed by atoms with E-state index in [4.69, 9.17) is 0 Å². The molecule has 0 radical (unpaired) electrons. The molecule has 1 fully saturated rings. The Morgan fingerprint density at radius 2 is 1.86 bits per heavy atom. The van der Waals surface area contributed by atoms with E-state index in [1.54, 1.807) is 0 Å². The molecular weight excluding hydrogens is 262 g/mol. The van der Waals surface area contributed by atoms with E-state index < -0.39 is 6.10 Å². The van der Waals surface area contributed by atoms with Crippen molar-refractivity contribution in [3.63, 3.8) is 0 Å². The van der Waals surface area contributed by atoms with E-state index in [2.05, 4.69) is 5.32 Å². The molecule has 0 saturated heterocycles. The molecule has 1 aromatic rings. The lowest BCUT2D eigenvalue weighted by Gasteiger charge is -2.34. The third-order valence-corrected chi connectivity index (χ3v) is 4.65. The van der Waals surface area contributed by atoms with Gasteiger partial charge in [-0.2, -0.15) is 0 Å². The number of hydrogen-bond donors (Lipinski definition) is 2. The second-order valence-corrected chi connectivity index (χ2v) is 7.31. The highest BCUT2D eigenvalue weighted by atomic mass is 16.3. The molecule has 0 spiro atoms. The predicted molar refractivity (Wildman–Crippen MR) is 85.0 cm³/mol. The average molecular weight is 289 g/mol. The van der Waals surface area contributed by atoms with Crippen molar-refractivity contribution < 1.29 is 9.90 Å². The standard InChI is InChI=1S/C18H27NO2/c1-13(2)15(20)17(3,4)12-19-16(21)18(10-11-18)14-8-6-5-7-9-14/h5-9,13,15,20H,10-12H2,1-4H3,(H,19,21). The van der Waals surface area contributed by atoms with Crippen molar-refractivity contribution in [1.82, 2.24) is 5.32 Å². The van der Waals surface area contributed by atoms with Crippen molar-refractivity contribution in [2.24, 2.45) is 11.3 Å². The molecule has 0 aromatic heterocycles. The number of aliphatic hydroxyl groups is 1. The van der Waals surface area contributed by atoms with Crippen LogP contribution in [0.2, 0.25) is 0 Å². The number of nitrogens with one attached hydrogen (secondary N) is 1. The highest BCUT2D eigenvalue weighted by Gasteiger charge is 2.51. The van der Waals surface area contributed by atoms with Gasteiger partial charge in [0, 0.05) is 12.0 Å². The minimum atomic E-state index is -0.426. The Labute approximate surface area is 127 Å². The van der Waals surface area contributed by atoms with Crippen LogP contribution in [0.4, 0.5) is 0 Å². The van der Waals surface area contributed by atoms with Gasteiger partial charge in [0.1, 0.15) is 0 Å². The summed E-state index contributed by atoms with van der Waals surface area (Å²) in [5, 5.41) is 13.3. The second-order valence-electron chi connectivity index (χ2n) is 7.31. The fourth-order valence-electron chi connectivity index (χ4n) is 3.01. The SMILES string of the molecule is CC(C)C(O)C(C)(C)CNC(=O)C1(c2ccccc2)CC1. The molecule has 21 heavy (non-hydrogen) atoms. The van der Waals surface area contributed by atoms with Gasteiger partial charge in [-0.3, -0.25) is 4.79 Å². The number of amides is 1. The van der Waals surface area contributed by atoms with Gasteiger partial charge in [0.2, 0.25) is 5.91 Å². The minimum absolute atomic E-state index is 0.0951. The Hall–Kier alpha value is -1.35. The Morgan fingerprint density at radius 1 is 1.29 bits per heavy atom. The number of hydrogen-bond acceptors (Lipinski definition) is 2. The number of benzene rings is 1. The van der Waals surface area contributed by atoms with Crippen LogP contribution in [0.25, 0.3) is 0 Å². The molecule has 1 amide bonds. The maximum Gasteiger partial charge on any atom is 0.230 e. The van der Waals surface area contributed by atoms with E-state index in [1.807, 2.05) is 58.0 Å². The molecule has 1 saturated carbocycles. The number of carbonyl (C=O) groups excluding carboxylic acids is 1. The van der Waals surface area contributed by atoms with Crippen molar-refractivity contribution in [3.05, 3.63) is 35.9 Å². The lowest BCUT2D eigenvalue weighted by molar-refractivity contribution is -0.124. The first-order valence-electron chi connectivity index (χ1n) is 7.81. The van der Waals surface area contributed by atoms with Crippen molar-refractivity contribution in [2.45, 2.75) is 52.1 Å². The molecule has 2 N–H and O–H groups in total. The van der Waals surface area contributed by atoms with Crippen LogP contribution in [0.5, 0.6) is 0 Å². The summed E-state index contributed by atoms with van der Waals surface area (Å²) in [6.45, 7) is 8.50. The van der Waals surface area contributed by atoms with Gasteiger partial charge in [0.05, 0.1) is 11.5 Å². The van der Waals surface area contributed by atoms with Crippen LogP contribution in [-0.4, -0.2) is 23.7 Å². The van der Waals surface area contributed by atoms with Crippen LogP contribution in [0.1, 0.15) is 46.1 Å². The fraction of sp³-hybridized carbons (Fsp3) is 0.611. The second kappa shape index (κ2) is 5.80. The van der Waals surface area contributed by atoms with Gasteiger partial charge in [-0.1, -0.05) is 58.0 Å². The summed E-state index contributed by atoms with van der Waals surface area (Å²) < 4.78 is 0. The van der Waals surface area contributed by atoms with Crippen molar-refractivity contribution >= 4 is 5.91 Å². The molecule has 0 heterocycles. The molecule has 3 heteroatoms. The van der Waals surface area contributed by atoms with Crippen LogP contribution in [0.15, 0.2) is 30.3 Å². The van der Waals surface area contributed by atoms with Crippen LogP contribution in [0.3, 0.4) is 0 Å². The third-order valence-electron chi connectivity index (χ3n) is 4.65. The quantitative estimate of drug-likeness (QED) is 0.846. The molecule has 1 aliphatic carbocycles. The van der Waals surface area contributed by atoms with E-state index in [1.165, 1.54) is 0 Å². The van der Waals surface area contributed by atoms with Crippen LogP contribution < -0.4 is 5.32 Å². The maximum atomic E-state index is 12.6. The summed E-state index contributed by atoms with van der Waals surface area (Å²) in [5.41, 5.74) is 0.446. The van der Waals surface area contributed by atoms with Gasteiger partial charge >= 0.3 is 0 Å². The zero-order valence-corrected chi connectivity index (χ0v) is 13.5. The Kier molecular flexibility index (Phi) is 4.43. The minimum Gasteiger partial charge on any atom is -0.392 e. The van der Waals surface area contributed by atoms with E-state index in [-0.39, 0.29) is 22.7 Å². The molecule has 3 nitrogen and oxygen atoms in total. The van der Waals surface area contributed by atoms with Gasteiger partial charge in [-0.25, -0.2) is 0 Å². The van der Waals surface area contributed by atoms with Crippen LogP contribution in [0, 0.1) is 11.3 Å². The van der Waals surface area contributed by atoms with Crippen molar-refractivity contribution in [3.8, 4) is 0 Å². The Balaban J connectivity index is 2.00. The van der Waals surface area contributed by atoms with Gasteiger partial charge in [0.25, 0.3) is 0 Å². The van der Waals surface area contributed by atoms with Gasteiger partial charge in [-0.15, -0.1) is 0 Å². The largest absolute Gasteiger partial charge is 0.392 e. The summed E-state index contributed by atoms with van der Waals surface area (Å²) in [6, 6.07) is 9.99. The van der Waals surface area contributed by atoms with Gasteiger partial charge in [-0.05, 0) is 24.3 Å². The normalized spacial score (nSPS) is 18.4. The average Bonchev–Trinajstić information content (AvgIpc) is 3.26. The van der Waals surface area contributed by atoms with Gasteiger partial charge < -0.3 is 10.4 Å². The number of carbonyl (C=O) groups is 1. The zero-order valence-electron chi connectivity index (χ0n) is 13.5. The van der Waals surface area contributed by atoms with Crippen molar-refractivity contribution in [2.75, 3.05) is 6.54 Å². The monoisotopic (exact) mass is 289 g/mol. The molecule has 1 unspecified atom stereocenters. The van der Waals surface area contributed by atoms with E-state index in [0.717, 1.165) is 18.4 Å². The summed E-state index contributed by atoms with van der Waals surface area (Å²) in [5.74, 6) is 0.277. The van der Waals surface area contributed by atoms with Crippen LogP contribution >= 0.6 is 0 Å². The molecule has 1 aliphatic rings. The lowest BCUT2D eigenvalue weighted by atomic mass is 9.80. The van der Waals surface area contributed by atoms with E-state index in [0.29, 0.717) is 6.54 Å². The summed E-state index contributed by atoms with van der Waals surface area (Å²) in [7, 11) is 0. The van der Waals surface area contributed by atoms with Crippen LogP contribution in [-0.2, 0) is 10.2 Å². The van der Waals surface area contributed by atoms with Gasteiger partial charge in [0.15, 0.2) is 0 Å². The molecule has 2 rings (SSSR count). The number of rotatable bonds is 6. The Bertz CT molecular complexity index is 489. The van der Waals surface area contributed by atoms with E-state index >= 15 is 0 Å². The van der Waals surface area contributed by atoms with E-state index in [9.17, 15) is 9.90 Å². The van der Waals surface area contributed by atoms with Crippen molar-refractivity contribution in [1.29, 1.82) is 0 Å². The smallest absolute Gasteiger partial charge is 0.230 e. The highest BCUT2D eigenvalue weighted by Crippen LogP contribution is 2.48. The molecule has 116 valence electrons. The molecule has 1 aromatic carbocycles. The third kappa shape index (κ3) is 3.29. The molecular formula is C18H27NO2.